The highest BCUT2D eigenvalue weighted by Gasteiger charge is 2.44. The lowest BCUT2D eigenvalue weighted by molar-refractivity contribution is 0.0682. The molecule has 1 aromatic carbocycles. The van der Waals surface area contributed by atoms with Crippen molar-refractivity contribution < 1.29 is 9.18 Å². The molecule has 0 aliphatic carbocycles. The molecule has 3 rings (SSSR count). The van der Waals surface area contributed by atoms with Crippen LogP contribution in [0.3, 0.4) is 0 Å². The summed E-state index contributed by atoms with van der Waals surface area (Å²) in [6.45, 7) is 5.67. The zero-order valence-corrected chi connectivity index (χ0v) is 11.3. The Morgan fingerprint density at radius 2 is 2.21 bits per heavy atom. The minimum absolute atomic E-state index is 0.0341. The van der Waals surface area contributed by atoms with Crippen molar-refractivity contribution in [2.24, 2.45) is 5.92 Å². The van der Waals surface area contributed by atoms with E-state index in [1.807, 2.05) is 4.90 Å². The number of hydrogen-bond donors (Lipinski definition) is 1. The lowest BCUT2D eigenvalue weighted by Crippen LogP contribution is -2.42. The Hall–Kier alpha value is -1.42. The van der Waals surface area contributed by atoms with Crippen LogP contribution in [0.2, 0.25) is 0 Å². The number of hydrogen-bond acceptors (Lipinski definition) is 2. The maximum Gasteiger partial charge on any atom is 0.254 e. The normalized spacial score (nSPS) is 29.6. The number of halogens is 1. The van der Waals surface area contributed by atoms with Crippen molar-refractivity contribution in [3.05, 3.63) is 35.1 Å². The second-order valence-electron chi connectivity index (χ2n) is 5.75. The zero-order valence-electron chi connectivity index (χ0n) is 11.3. The molecule has 2 aliphatic rings. The van der Waals surface area contributed by atoms with Crippen molar-refractivity contribution in [2.45, 2.75) is 32.4 Å². The smallest absolute Gasteiger partial charge is 0.254 e. The summed E-state index contributed by atoms with van der Waals surface area (Å²) < 4.78 is 13.3. The van der Waals surface area contributed by atoms with Crippen LogP contribution in [0.15, 0.2) is 18.2 Å². The molecule has 0 bridgehead atoms. The Labute approximate surface area is 112 Å². The van der Waals surface area contributed by atoms with Gasteiger partial charge in [-0.25, -0.2) is 4.39 Å². The number of likely N-dealkylation sites (tertiary alicyclic amines) is 1. The lowest BCUT2D eigenvalue weighted by atomic mass is 10.0. The summed E-state index contributed by atoms with van der Waals surface area (Å²) in [5, 5.41) is 3.35. The summed E-state index contributed by atoms with van der Waals surface area (Å²) in [7, 11) is 0. The largest absolute Gasteiger partial charge is 0.331 e. The molecule has 1 amide bonds. The molecule has 3 nitrogen and oxygen atoms in total. The number of nitrogens with zero attached hydrogens (tertiary/aromatic N) is 1. The van der Waals surface area contributed by atoms with Crippen LogP contribution in [0.25, 0.3) is 0 Å². The van der Waals surface area contributed by atoms with E-state index < -0.39 is 0 Å². The number of benzene rings is 1. The number of carbonyl (C=O) groups excluding carboxylic acids is 1. The van der Waals surface area contributed by atoms with Crippen molar-refractivity contribution in [1.29, 1.82) is 0 Å². The minimum atomic E-state index is -0.258. The van der Waals surface area contributed by atoms with Gasteiger partial charge in [-0.3, -0.25) is 4.79 Å². The highest BCUT2D eigenvalue weighted by molar-refractivity contribution is 5.95. The van der Waals surface area contributed by atoms with Crippen LogP contribution < -0.4 is 5.32 Å². The van der Waals surface area contributed by atoms with E-state index in [0.717, 1.165) is 19.5 Å². The first-order valence-electron chi connectivity index (χ1n) is 6.87. The quantitative estimate of drug-likeness (QED) is 0.839. The van der Waals surface area contributed by atoms with Crippen LogP contribution in [-0.4, -0.2) is 36.0 Å². The summed E-state index contributed by atoms with van der Waals surface area (Å²) >= 11 is 0. The fourth-order valence-corrected chi connectivity index (χ4v) is 3.44. The van der Waals surface area contributed by atoms with Crippen molar-refractivity contribution in [3.63, 3.8) is 0 Å². The van der Waals surface area contributed by atoms with Crippen molar-refractivity contribution in [1.82, 2.24) is 10.2 Å². The van der Waals surface area contributed by atoms with Gasteiger partial charge in [0.05, 0.1) is 0 Å². The molecule has 3 unspecified atom stereocenters. The third kappa shape index (κ3) is 2.04. The van der Waals surface area contributed by atoms with E-state index in [0.29, 0.717) is 23.1 Å². The van der Waals surface area contributed by atoms with E-state index in [1.54, 1.807) is 19.1 Å². The SMILES string of the molecule is Cc1cc(C(=O)N2C(C)CC3CNCC32)ccc1F. The predicted octanol–water partition coefficient (Wildman–Crippen LogP) is 1.96. The molecule has 2 aliphatic heterocycles. The minimum Gasteiger partial charge on any atom is -0.331 e. The van der Waals surface area contributed by atoms with Gasteiger partial charge in [0.25, 0.3) is 5.91 Å². The van der Waals surface area contributed by atoms with Crippen LogP contribution in [0.1, 0.15) is 29.3 Å². The topological polar surface area (TPSA) is 32.3 Å². The summed E-state index contributed by atoms with van der Waals surface area (Å²) in [5.41, 5.74) is 1.12. The molecule has 0 radical (unpaired) electrons. The maximum atomic E-state index is 13.3. The van der Waals surface area contributed by atoms with Gasteiger partial charge in [0.15, 0.2) is 0 Å². The van der Waals surface area contributed by atoms with Crippen LogP contribution in [0.4, 0.5) is 4.39 Å². The molecule has 0 saturated carbocycles. The maximum absolute atomic E-state index is 13.3. The Morgan fingerprint density at radius 1 is 1.42 bits per heavy atom. The van der Waals surface area contributed by atoms with Gasteiger partial charge in [-0.2, -0.15) is 0 Å². The molecule has 0 spiro atoms. The van der Waals surface area contributed by atoms with E-state index in [4.69, 9.17) is 0 Å². The molecule has 102 valence electrons. The number of rotatable bonds is 1. The summed E-state index contributed by atoms with van der Waals surface area (Å²) in [6.07, 6.45) is 1.06. The molecule has 1 N–H and O–H groups in total. The Bertz CT molecular complexity index is 517. The molecule has 3 atom stereocenters. The Balaban J connectivity index is 1.88. The molecule has 0 aromatic heterocycles. The number of amides is 1. The third-order valence-electron chi connectivity index (χ3n) is 4.42. The predicted molar refractivity (Wildman–Crippen MR) is 71.5 cm³/mol. The van der Waals surface area contributed by atoms with E-state index in [-0.39, 0.29) is 17.8 Å². The monoisotopic (exact) mass is 262 g/mol. The van der Waals surface area contributed by atoms with E-state index in [2.05, 4.69) is 12.2 Å². The third-order valence-corrected chi connectivity index (χ3v) is 4.42. The van der Waals surface area contributed by atoms with Crippen LogP contribution in [0.5, 0.6) is 0 Å². The van der Waals surface area contributed by atoms with Crippen LogP contribution in [-0.2, 0) is 0 Å². The first kappa shape index (κ1) is 12.6. The molecule has 2 fully saturated rings. The Morgan fingerprint density at radius 3 is 2.95 bits per heavy atom. The molecule has 2 heterocycles. The van der Waals surface area contributed by atoms with Crippen molar-refractivity contribution in [2.75, 3.05) is 13.1 Å². The second-order valence-corrected chi connectivity index (χ2v) is 5.75. The zero-order chi connectivity index (χ0) is 13.6. The van der Waals surface area contributed by atoms with E-state index in [1.165, 1.54) is 6.07 Å². The van der Waals surface area contributed by atoms with Gasteiger partial charge in [-0.05, 0) is 49.9 Å². The second kappa shape index (κ2) is 4.60. The van der Waals surface area contributed by atoms with Crippen molar-refractivity contribution >= 4 is 5.91 Å². The highest BCUT2D eigenvalue weighted by atomic mass is 19.1. The van der Waals surface area contributed by atoms with Gasteiger partial charge in [0, 0.05) is 30.7 Å². The Kier molecular flexibility index (Phi) is 3.05. The number of nitrogens with one attached hydrogen (secondary N) is 1. The van der Waals surface area contributed by atoms with Crippen LogP contribution in [0, 0.1) is 18.7 Å². The molecular formula is C15H19FN2O. The van der Waals surface area contributed by atoms with Gasteiger partial charge < -0.3 is 10.2 Å². The molecule has 1 aromatic rings. The first-order chi connectivity index (χ1) is 9.08. The lowest BCUT2D eigenvalue weighted by Gasteiger charge is -2.27. The number of fused-ring (bicyclic) bond motifs is 1. The fraction of sp³-hybridized carbons (Fsp3) is 0.533. The first-order valence-corrected chi connectivity index (χ1v) is 6.87. The summed E-state index contributed by atoms with van der Waals surface area (Å²) in [5.74, 6) is 0.346. The van der Waals surface area contributed by atoms with Gasteiger partial charge in [0.2, 0.25) is 0 Å². The van der Waals surface area contributed by atoms with Crippen LogP contribution >= 0.6 is 0 Å². The molecular weight excluding hydrogens is 243 g/mol. The van der Waals surface area contributed by atoms with Gasteiger partial charge in [-0.1, -0.05) is 0 Å². The van der Waals surface area contributed by atoms with Crippen molar-refractivity contribution in [3.8, 4) is 0 Å². The van der Waals surface area contributed by atoms with Gasteiger partial charge in [0.1, 0.15) is 5.82 Å². The number of carbonyl (C=O) groups is 1. The molecule has 4 heteroatoms. The fourth-order valence-electron chi connectivity index (χ4n) is 3.44. The number of aryl methyl sites for hydroxylation is 1. The molecule has 2 saturated heterocycles. The summed E-state index contributed by atoms with van der Waals surface area (Å²) in [4.78, 5) is 14.6. The standard InChI is InChI=1S/C15H19FN2O/c1-9-5-11(3-4-13(9)16)15(19)18-10(2)6-12-7-17-8-14(12)18/h3-5,10,12,14,17H,6-8H2,1-2H3. The molecule has 19 heavy (non-hydrogen) atoms. The highest BCUT2D eigenvalue weighted by Crippen LogP contribution is 2.33. The van der Waals surface area contributed by atoms with Gasteiger partial charge >= 0.3 is 0 Å². The average molecular weight is 262 g/mol. The van der Waals surface area contributed by atoms with Gasteiger partial charge in [-0.15, -0.1) is 0 Å². The summed E-state index contributed by atoms with van der Waals surface area (Å²) in [6, 6.07) is 5.20. The van der Waals surface area contributed by atoms with E-state index in [9.17, 15) is 9.18 Å². The average Bonchev–Trinajstić information content (AvgIpc) is 2.91. The van der Waals surface area contributed by atoms with E-state index >= 15 is 0 Å².